The van der Waals surface area contributed by atoms with Gasteiger partial charge in [0.2, 0.25) is 0 Å². The van der Waals surface area contributed by atoms with Gasteiger partial charge in [0.05, 0.1) is 5.52 Å². The average Bonchev–Trinajstić information content (AvgIpc) is 2.20. The summed E-state index contributed by atoms with van der Waals surface area (Å²) in [5.41, 5.74) is 3.38. The van der Waals surface area contributed by atoms with Crippen molar-refractivity contribution in [2.45, 2.75) is 18.7 Å². The van der Waals surface area contributed by atoms with E-state index in [4.69, 9.17) is 0 Å². The van der Waals surface area contributed by atoms with Crippen LogP contribution in [-0.4, -0.2) is 19.1 Å². The lowest BCUT2D eigenvalue weighted by Crippen LogP contribution is -1.89. The fourth-order valence-corrected chi connectivity index (χ4v) is 1.75. The molecule has 16 heavy (non-hydrogen) atoms. The normalized spacial score (nSPS) is 9.81. The quantitative estimate of drug-likeness (QED) is 0.685. The van der Waals surface area contributed by atoms with Crippen LogP contribution in [0, 0.1) is 13.8 Å². The number of benzene rings is 1. The number of pyridine rings is 1. The molecule has 1 N–H and O–H groups in total. The van der Waals surface area contributed by atoms with Gasteiger partial charge in [-0.05, 0) is 57.8 Å². The predicted molar refractivity (Wildman–Crippen MR) is 73.5 cm³/mol. The lowest BCUT2D eigenvalue weighted by molar-refractivity contribution is 1.02. The summed E-state index contributed by atoms with van der Waals surface area (Å²) < 4.78 is 0. The lowest BCUT2D eigenvalue weighted by atomic mass is 10.1. The summed E-state index contributed by atoms with van der Waals surface area (Å²) in [4.78, 5) is 5.43. The molecule has 2 nitrogen and oxygen atoms in total. The highest BCUT2D eigenvalue weighted by Crippen LogP contribution is 2.20. The van der Waals surface area contributed by atoms with Crippen LogP contribution >= 0.6 is 12.6 Å². The lowest BCUT2D eigenvalue weighted by Gasteiger charge is -2.03. The highest BCUT2D eigenvalue weighted by Gasteiger charge is 1.99. The minimum atomic E-state index is 0.987. The number of hydrogen-bond acceptors (Lipinski definition) is 3. The van der Waals surface area contributed by atoms with E-state index in [0.717, 1.165) is 16.1 Å². The molecule has 0 aliphatic heterocycles. The van der Waals surface area contributed by atoms with Crippen LogP contribution in [0.25, 0.3) is 10.9 Å². The van der Waals surface area contributed by atoms with E-state index in [-0.39, 0.29) is 0 Å². The van der Waals surface area contributed by atoms with Gasteiger partial charge in [-0.3, -0.25) is 4.98 Å². The number of nitrogens with one attached hydrogen (secondary N) is 1. The molecule has 1 heterocycles. The molecule has 2 rings (SSSR count). The number of aryl methyl sites for hydroxylation is 2. The number of thiol groups is 1. The van der Waals surface area contributed by atoms with Gasteiger partial charge in [-0.15, -0.1) is 12.6 Å². The molecular formula is C13H18N2S. The topological polar surface area (TPSA) is 24.9 Å². The number of hydrogen-bond donors (Lipinski definition) is 2. The van der Waals surface area contributed by atoms with Gasteiger partial charge in [0.15, 0.2) is 0 Å². The second kappa shape index (κ2) is 5.87. The summed E-state index contributed by atoms with van der Waals surface area (Å²) in [6, 6.07) is 8.13. The molecule has 0 saturated carbocycles. The Balaban J connectivity index is 0.000000386. The van der Waals surface area contributed by atoms with Gasteiger partial charge >= 0.3 is 0 Å². The van der Waals surface area contributed by atoms with Crippen molar-refractivity contribution < 1.29 is 0 Å². The zero-order valence-corrected chi connectivity index (χ0v) is 11.1. The average molecular weight is 234 g/mol. The van der Waals surface area contributed by atoms with Crippen molar-refractivity contribution in [2.75, 3.05) is 14.1 Å². The van der Waals surface area contributed by atoms with Gasteiger partial charge < -0.3 is 5.32 Å². The zero-order chi connectivity index (χ0) is 12.1. The van der Waals surface area contributed by atoms with Crippen LogP contribution in [0.3, 0.4) is 0 Å². The number of nitrogens with zero attached hydrogens (tertiary/aromatic N) is 1. The molecule has 3 heteroatoms. The molecule has 0 aliphatic carbocycles. The zero-order valence-electron chi connectivity index (χ0n) is 10.2. The molecule has 0 aliphatic rings. The predicted octanol–water partition coefficient (Wildman–Crippen LogP) is 2.98. The van der Waals surface area contributed by atoms with Crippen molar-refractivity contribution in [1.82, 2.24) is 10.3 Å². The Kier molecular flexibility index (Phi) is 4.77. The molecule has 0 bridgehead atoms. The molecule has 0 amide bonds. The van der Waals surface area contributed by atoms with E-state index in [1.54, 1.807) is 0 Å². The molecule has 0 unspecified atom stereocenters. The smallest absolute Gasteiger partial charge is 0.0708 e. The van der Waals surface area contributed by atoms with Gasteiger partial charge in [0.25, 0.3) is 0 Å². The van der Waals surface area contributed by atoms with E-state index in [9.17, 15) is 0 Å². The van der Waals surface area contributed by atoms with Gasteiger partial charge in [0.1, 0.15) is 0 Å². The van der Waals surface area contributed by atoms with E-state index in [1.807, 2.05) is 33.2 Å². The molecular weight excluding hydrogens is 216 g/mol. The Morgan fingerprint density at radius 1 is 1.12 bits per heavy atom. The van der Waals surface area contributed by atoms with E-state index in [2.05, 4.69) is 42.0 Å². The van der Waals surface area contributed by atoms with Crippen LogP contribution in [0.5, 0.6) is 0 Å². The van der Waals surface area contributed by atoms with Crippen molar-refractivity contribution in [3.05, 3.63) is 35.5 Å². The summed E-state index contributed by atoms with van der Waals surface area (Å²) in [5, 5.41) is 3.94. The van der Waals surface area contributed by atoms with Gasteiger partial charge in [-0.25, -0.2) is 0 Å². The minimum absolute atomic E-state index is 0.987. The van der Waals surface area contributed by atoms with Crippen LogP contribution in [0.2, 0.25) is 0 Å². The Labute approximate surface area is 103 Å². The second-order valence-electron chi connectivity index (χ2n) is 3.78. The first-order chi connectivity index (χ1) is 7.58. The fourth-order valence-electron chi connectivity index (χ4n) is 1.55. The highest BCUT2D eigenvalue weighted by atomic mass is 32.1. The monoisotopic (exact) mass is 234 g/mol. The van der Waals surface area contributed by atoms with Gasteiger partial charge in [-0.2, -0.15) is 0 Å². The van der Waals surface area contributed by atoms with E-state index in [1.165, 1.54) is 10.9 Å². The molecule has 0 spiro atoms. The first kappa shape index (κ1) is 13.0. The van der Waals surface area contributed by atoms with E-state index in [0.29, 0.717) is 0 Å². The third-order valence-electron chi connectivity index (χ3n) is 2.13. The van der Waals surface area contributed by atoms with Crippen molar-refractivity contribution in [1.29, 1.82) is 0 Å². The summed E-state index contributed by atoms with van der Waals surface area (Å²) in [6.07, 6.45) is 0. The van der Waals surface area contributed by atoms with Crippen molar-refractivity contribution in [2.24, 2.45) is 0 Å². The summed E-state index contributed by atoms with van der Waals surface area (Å²) in [5.74, 6) is 0. The fraction of sp³-hybridized carbons (Fsp3) is 0.308. The maximum atomic E-state index is 4.44. The molecule has 1 aromatic heterocycles. The summed E-state index contributed by atoms with van der Waals surface area (Å²) >= 11 is 4.31. The molecule has 0 fully saturated rings. The first-order valence-electron chi connectivity index (χ1n) is 5.24. The van der Waals surface area contributed by atoms with Crippen LogP contribution in [-0.2, 0) is 0 Å². The first-order valence-corrected chi connectivity index (χ1v) is 5.68. The molecule has 86 valence electrons. The number of fused-ring (bicyclic) bond motifs is 1. The highest BCUT2D eigenvalue weighted by molar-refractivity contribution is 7.80. The SMILES string of the molecule is CNC.Cc1cc(C)c2cc(S)ccc2n1. The van der Waals surface area contributed by atoms with Crippen LogP contribution in [0.4, 0.5) is 0 Å². The third kappa shape index (κ3) is 3.22. The standard InChI is InChI=1S/C11H11NS.C2H7N/c1-7-5-8(2)12-11-4-3-9(13)6-10(7)11;1-3-2/h3-6,13H,1-2H3;3H,1-2H3. The number of rotatable bonds is 0. The Hall–Kier alpha value is -1.06. The molecule has 2 aromatic rings. The molecule has 0 saturated heterocycles. The maximum absolute atomic E-state index is 4.44. The second-order valence-corrected chi connectivity index (χ2v) is 4.30. The summed E-state index contributed by atoms with van der Waals surface area (Å²) in [7, 11) is 3.75. The molecule has 0 atom stereocenters. The van der Waals surface area contributed by atoms with Crippen molar-refractivity contribution in [3.63, 3.8) is 0 Å². The maximum Gasteiger partial charge on any atom is 0.0708 e. The third-order valence-corrected chi connectivity index (χ3v) is 2.41. The van der Waals surface area contributed by atoms with Crippen LogP contribution < -0.4 is 5.32 Å². The number of aromatic nitrogens is 1. The van der Waals surface area contributed by atoms with Crippen molar-refractivity contribution >= 4 is 23.5 Å². The van der Waals surface area contributed by atoms with Crippen LogP contribution in [0.15, 0.2) is 29.2 Å². The van der Waals surface area contributed by atoms with Gasteiger partial charge in [-0.1, -0.05) is 0 Å². The van der Waals surface area contributed by atoms with Crippen LogP contribution in [0.1, 0.15) is 11.3 Å². The van der Waals surface area contributed by atoms with E-state index >= 15 is 0 Å². The van der Waals surface area contributed by atoms with Gasteiger partial charge in [0, 0.05) is 16.0 Å². The Bertz CT molecular complexity index is 481. The van der Waals surface area contributed by atoms with E-state index < -0.39 is 0 Å². The van der Waals surface area contributed by atoms with Crippen molar-refractivity contribution in [3.8, 4) is 0 Å². The summed E-state index contributed by atoms with van der Waals surface area (Å²) in [6.45, 7) is 4.12. The molecule has 1 aromatic carbocycles. The largest absolute Gasteiger partial charge is 0.323 e. The Morgan fingerprint density at radius 2 is 1.75 bits per heavy atom. The minimum Gasteiger partial charge on any atom is -0.323 e. The molecule has 0 radical (unpaired) electrons. The Morgan fingerprint density at radius 3 is 2.38 bits per heavy atom.